The van der Waals surface area contributed by atoms with Crippen LogP contribution in [0.1, 0.15) is 59.2 Å². The summed E-state index contributed by atoms with van der Waals surface area (Å²) in [7, 11) is 1.41. The Balaban J connectivity index is 0.000000158. The van der Waals surface area contributed by atoms with Crippen molar-refractivity contribution in [2.24, 2.45) is 10.8 Å². The molecule has 1 heterocycles. The monoisotopic (exact) mass is 359 g/mol. The number of imide groups is 1. The number of aliphatic carboxylic acids is 1. The first-order chi connectivity index (χ1) is 12.3. The van der Waals surface area contributed by atoms with Crippen molar-refractivity contribution in [2.45, 2.75) is 38.5 Å². The lowest BCUT2D eigenvalue weighted by molar-refractivity contribution is -0.172. The molecule has 3 saturated carbocycles. The van der Waals surface area contributed by atoms with E-state index in [2.05, 4.69) is 5.32 Å². The number of nitrogens with one attached hydrogen (secondary N) is 1. The zero-order chi connectivity index (χ0) is 18.9. The normalized spacial score (nSPS) is 28.5. The van der Waals surface area contributed by atoms with Gasteiger partial charge in [0.2, 0.25) is 0 Å². The Hall–Kier alpha value is -2.70. The van der Waals surface area contributed by atoms with Crippen molar-refractivity contribution in [2.75, 3.05) is 7.11 Å². The third-order valence-corrected chi connectivity index (χ3v) is 5.96. The molecule has 2 bridgehead atoms. The van der Waals surface area contributed by atoms with Crippen LogP contribution in [0.2, 0.25) is 0 Å². The Morgan fingerprint density at radius 1 is 0.923 bits per heavy atom. The van der Waals surface area contributed by atoms with Crippen LogP contribution in [-0.4, -0.2) is 36.0 Å². The highest BCUT2D eigenvalue weighted by atomic mass is 16.5. The van der Waals surface area contributed by atoms with Crippen LogP contribution in [0.4, 0.5) is 0 Å². The van der Waals surface area contributed by atoms with Crippen molar-refractivity contribution in [1.82, 2.24) is 5.32 Å². The summed E-state index contributed by atoms with van der Waals surface area (Å²) < 4.78 is 4.82. The average Bonchev–Trinajstić information content (AvgIpc) is 2.97. The van der Waals surface area contributed by atoms with Crippen LogP contribution in [-0.2, 0) is 14.3 Å². The molecule has 138 valence electrons. The van der Waals surface area contributed by atoms with Gasteiger partial charge in [0.1, 0.15) is 0 Å². The van der Waals surface area contributed by atoms with Crippen LogP contribution in [0.15, 0.2) is 24.3 Å². The maximum Gasteiger partial charge on any atom is 0.311 e. The maximum atomic E-state index is 11.6. The molecule has 0 spiro atoms. The first-order valence-electron chi connectivity index (χ1n) is 8.60. The minimum absolute atomic E-state index is 0.152. The SMILES string of the molecule is COC(=O)C12CCC(C(=O)O)(CC1)CC2.O=C1NC(=O)c2ccccc21. The Morgan fingerprint density at radius 2 is 1.35 bits per heavy atom. The molecule has 1 aromatic carbocycles. The Kier molecular flexibility index (Phi) is 4.56. The lowest BCUT2D eigenvalue weighted by Crippen LogP contribution is -2.49. The molecular formula is C19H21NO6. The van der Waals surface area contributed by atoms with Gasteiger partial charge in [0.25, 0.3) is 11.8 Å². The van der Waals surface area contributed by atoms with E-state index < -0.39 is 11.4 Å². The first kappa shape index (κ1) is 18.1. The van der Waals surface area contributed by atoms with E-state index in [0.717, 1.165) is 0 Å². The highest BCUT2D eigenvalue weighted by Gasteiger charge is 2.56. The van der Waals surface area contributed by atoms with E-state index in [0.29, 0.717) is 49.7 Å². The Bertz CT molecular complexity index is 726. The van der Waals surface area contributed by atoms with Crippen molar-refractivity contribution in [3.63, 3.8) is 0 Å². The number of ether oxygens (including phenoxy) is 1. The Labute approximate surface area is 150 Å². The molecule has 0 saturated heterocycles. The fourth-order valence-corrected chi connectivity index (χ4v) is 4.15. The van der Waals surface area contributed by atoms with Gasteiger partial charge in [-0.1, -0.05) is 12.1 Å². The van der Waals surface area contributed by atoms with Crippen molar-refractivity contribution in [3.8, 4) is 0 Å². The molecule has 3 fully saturated rings. The van der Waals surface area contributed by atoms with Gasteiger partial charge in [-0.05, 0) is 50.7 Å². The highest BCUT2D eigenvalue weighted by Crippen LogP contribution is 2.57. The molecule has 0 unspecified atom stereocenters. The van der Waals surface area contributed by atoms with Crippen LogP contribution >= 0.6 is 0 Å². The van der Waals surface area contributed by atoms with E-state index in [9.17, 15) is 24.3 Å². The molecule has 1 aliphatic heterocycles. The van der Waals surface area contributed by atoms with Gasteiger partial charge < -0.3 is 9.84 Å². The minimum Gasteiger partial charge on any atom is -0.481 e. The minimum atomic E-state index is -0.694. The summed E-state index contributed by atoms with van der Waals surface area (Å²) in [5.41, 5.74) is 0.0249. The van der Waals surface area contributed by atoms with Crippen LogP contribution in [0.5, 0.6) is 0 Å². The van der Waals surface area contributed by atoms with E-state index in [-0.39, 0.29) is 23.2 Å². The number of methoxy groups -OCH3 is 1. The first-order valence-corrected chi connectivity index (χ1v) is 8.60. The van der Waals surface area contributed by atoms with Gasteiger partial charge in [0, 0.05) is 0 Å². The number of hydrogen-bond donors (Lipinski definition) is 2. The number of esters is 1. The van der Waals surface area contributed by atoms with Crippen LogP contribution in [0.25, 0.3) is 0 Å². The molecule has 0 atom stereocenters. The molecule has 7 heteroatoms. The van der Waals surface area contributed by atoms with Crippen molar-refractivity contribution in [1.29, 1.82) is 0 Å². The molecule has 2 N–H and O–H groups in total. The molecule has 2 amide bonds. The number of fused-ring (bicyclic) bond motifs is 4. The zero-order valence-corrected chi connectivity index (χ0v) is 14.5. The second-order valence-electron chi connectivity index (χ2n) is 7.19. The predicted octanol–water partition coefficient (Wildman–Crippen LogP) is 2.15. The van der Waals surface area contributed by atoms with Gasteiger partial charge in [0.15, 0.2) is 0 Å². The van der Waals surface area contributed by atoms with Crippen LogP contribution in [0, 0.1) is 10.8 Å². The number of carboxylic acid groups (broad SMARTS) is 1. The summed E-state index contributed by atoms with van der Waals surface area (Å²) in [6.07, 6.45) is 3.89. The topological polar surface area (TPSA) is 110 Å². The molecule has 5 rings (SSSR count). The summed E-state index contributed by atoms with van der Waals surface area (Å²) in [6.45, 7) is 0. The quantitative estimate of drug-likeness (QED) is 0.618. The van der Waals surface area contributed by atoms with Crippen LogP contribution in [0.3, 0.4) is 0 Å². The average molecular weight is 359 g/mol. The fraction of sp³-hybridized carbons (Fsp3) is 0.474. The molecular weight excluding hydrogens is 338 g/mol. The second kappa shape index (κ2) is 6.55. The third kappa shape index (κ3) is 2.87. The molecule has 3 aliphatic carbocycles. The maximum absolute atomic E-state index is 11.6. The summed E-state index contributed by atoms with van der Waals surface area (Å²) in [4.78, 5) is 44.7. The fourth-order valence-electron chi connectivity index (χ4n) is 4.15. The number of benzene rings is 1. The molecule has 26 heavy (non-hydrogen) atoms. The molecule has 0 radical (unpaired) electrons. The third-order valence-electron chi connectivity index (χ3n) is 5.96. The lowest BCUT2D eigenvalue weighted by Gasteiger charge is -2.49. The van der Waals surface area contributed by atoms with E-state index in [1.165, 1.54) is 7.11 Å². The van der Waals surface area contributed by atoms with E-state index in [1.807, 2.05) is 0 Å². The number of rotatable bonds is 2. The number of hydrogen-bond acceptors (Lipinski definition) is 5. The molecule has 0 aromatic heterocycles. The van der Waals surface area contributed by atoms with Gasteiger partial charge in [-0.15, -0.1) is 0 Å². The van der Waals surface area contributed by atoms with Crippen molar-refractivity contribution >= 4 is 23.8 Å². The summed E-state index contributed by atoms with van der Waals surface area (Å²) in [6, 6.07) is 6.74. The van der Waals surface area contributed by atoms with Gasteiger partial charge in [-0.25, -0.2) is 0 Å². The molecule has 7 nitrogen and oxygen atoms in total. The van der Waals surface area contributed by atoms with E-state index in [4.69, 9.17) is 4.74 Å². The predicted molar refractivity (Wildman–Crippen MR) is 90.5 cm³/mol. The summed E-state index contributed by atoms with van der Waals surface area (Å²) >= 11 is 0. The van der Waals surface area contributed by atoms with Gasteiger partial charge in [-0.2, -0.15) is 0 Å². The number of carbonyl (C=O) groups excluding carboxylic acids is 3. The summed E-state index contributed by atoms with van der Waals surface area (Å²) in [5, 5.41) is 11.4. The smallest absolute Gasteiger partial charge is 0.311 e. The van der Waals surface area contributed by atoms with Gasteiger partial charge in [-0.3, -0.25) is 24.5 Å². The van der Waals surface area contributed by atoms with E-state index in [1.54, 1.807) is 24.3 Å². The number of carbonyl (C=O) groups is 4. The summed E-state index contributed by atoms with van der Waals surface area (Å²) in [5.74, 6) is -1.45. The molecule has 4 aliphatic rings. The van der Waals surface area contributed by atoms with Gasteiger partial charge >= 0.3 is 11.9 Å². The van der Waals surface area contributed by atoms with Gasteiger partial charge in [0.05, 0.1) is 29.1 Å². The Morgan fingerprint density at radius 3 is 1.73 bits per heavy atom. The molecule has 1 aromatic rings. The standard InChI is InChI=1S/C11H16O4.C8H5NO2/c1-15-9(14)11-5-2-10(3-6-11,4-7-11)8(12)13;10-7-5-3-1-2-4-6(5)8(11)9-7/h2-7H2,1H3,(H,12,13);1-4H,(H,9,10,11). The lowest BCUT2D eigenvalue weighted by atomic mass is 9.54. The largest absolute Gasteiger partial charge is 0.481 e. The van der Waals surface area contributed by atoms with Crippen LogP contribution < -0.4 is 5.32 Å². The number of amides is 2. The highest BCUT2D eigenvalue weighted by molar-refractivity contribution is 6.21. The van der Waals surface area contributed by atoms with E-state index >= 15 is 0 Å². The van der Waals surface area contributed by atoms with Crippen molar-refractivity contribution < 1.29 is 29.0 Å². The number of carboxylic acids is 1. The van der Waals surface area contributed by atoms with Crippen molar-refractivity contribution in [3.05, 3.63) is 35.4 Å². The second-order valence-corrected chi connectivity index (χ2v) is 7.19. The zero-order valence-electron chi connectivity index (χ0n) is 14.5.